The van der Waals surface area contributed by atoms with Crippen molar-refractivity contribution in [3.05, 3.63) is 0 Å². The smallest absolute Gasteiger partial charge is 0.253 e. The molecule has 0 aliphatic carbocycles. The highest BCUT2D eigenvalue weighted by atomic mass is 19.4. The maximum Gasteiger partial charge on any atom is 0.461 e. The molecule has 0 aromatic carbocycles. The number of hydrogen-bond acceptors (Lipinski definition) is 1. The second-order valence-corrected chi connectivity index (χ2v) is 2.18. The van der Waals surface area contributed by atoms with Crippen LogP contribution in [-0.4, -0.2) is 24.7 Å². The van der Waals surface area contributed by atoms with Gasteiger partial charge in [-0.05, 0) is 6.54 Å². The van der Waals surface area contributed by atoms with Gasteiger partial charge in [0.05, 0.1) is 0 Å². The van der Waals surface area contributed by atoms with E-state index in [4.69, 9.17) is 0 Å². The minimum absolute atomic E-state index is 0.696. The summed E-state index contributed by atoms with van der Waals surface area (Å²) in [6.45, 7) is 0.291. The zero-order valence-electron chi connectivity index (χ0n) is 6.35. The molecule has 0 atom stereocenters. The summed E-state index contributed by atoms with van der Waals surface area (Å²) in [5.41, 5.74) is 0. The zero-order chi connectivity index (χ0) is 10.9. The van der Waals surface area contributed by atoms with Crippen molar-refractivity contribution >= 4 is 0 Å². The van der Waals surface area contributed by atoms with Gasteiger partial charge in [-0.3, -0.25) is 5.32 Å². The van der Waals surface area contributed by atoms with E-state index in [1.165, 1.54) is 0 Å². The number of rotatable bonds is 3. The molecule has 0 aromatic heterocycles. The largest absolute Gasteiger partial charge is 0.461 e. The first-order chi connectivity index (χ1) is 5.56. The molecule has 0 amide bonds. The third-order valence-corrected chi connectivity index (χ3v) is 1.15. The third kappa shape index (κ3) is 2.23. The van der Waals surface area contributed by atoms with Crippen molar-refractivity contribution in [2.45, 2.75) is 25.1 Å². The molecule has 0 saturated carbocycles. The summed E-state index contributed by atoms with van der Waals surface area (Å²) in [6.07, 6.45) is -6.27. The molecule has 8 heteroatoms. The van der Waals surface area contributed by atoms with Crippen LogP contribution < -0.4 is 5.32 Å². The third-order valence-electron chi connectivity index (χ3n) is 1.15. The summed E-state index contributed by atoms with van der Waals surface area (Å²) in [5, 5.41) is 0.765. The van der Waals surface area contributed by atoms with Crippen LogP contribution in [-0.2, 0) is 0 Å². The topological polar surface area (TPSA) is 12.0 Å². The van der Waals surface area contributed by atoms with Gasteiger partial charge in [-0.1, -0.05) is 6.92 Å². The van der Waals surface area contributed by atoms with Gasteiger partial charge in [-0.15, -0.1) is 0 Å². The number of halogens is 7. The first kappa shape index (κ1) is 12.5. The standard InChI is InChI=1S/C5H6F7N/c1-2-13-5(11,12)3(6,7)4(8,9)10/h13H,2H2,1H3. The molecule has 80 valence electrons. The first-order valence-electron chi connectivity index (χ1n) is 3.13. The average molecular weight is 213 g/mol. The predicted molar refractivity (Wildman–Crippen MR) is 29.6 cm³/mol. The predicted octanol–water partition coefficient (Wildman–Crippen LogP) is 2.39. The van der Waals surface area contributed by atoms with Crippen molar-refractivity contribution in [3.63, 3.8) is 0 Å². The molecule has 13 heavy (non-hydrogen) atoms. The Balaban J connectivity index is 4.81. The average Bonchev–Trinajstić information content (AvgIpc) is 1.84. The Labute approximate surface area is 68.9 Å². The van der Waals surface area contributed by atoms with E-state index in [1.807, 2.05) is 0 Å². The highest BCUT2D eigenvalue weighted by Crippen LogP contribution is 2.44. The van der Waals surface area contributed by atoms with Crippen LogP contribution in [0.25, 0.3) is 0 Å². The van der Waals surface area contributed by atoms with Crippen LogP contribution in [0.2, 0.25) is 0 Å². The quantitative estimate of drug-likeness (QED) is 0.560. The molecule has 1 nitrogen and oxygen atoms in total. The summed E-state index contributed by atoms with van der Waals surface area (Å²) in [4.78, 5) is 0. The van der Waals surface area contributed by atoms with Gasteiger partial charge >= 0.3 is 18.1 Å². The Morgan fingerprint density at radius 1 is 0.923 bits per heavy atom. The van der Waals surface area contributed by atoms with Gasteiger partial charge in [0.15, 0.2) is 0 Å². The minimum Gasteiger partial charge on any atom is -0.253 e. The molecule has 1 N–H and O–H groups in total. The number of nitrogens with one attached hydrogen (secondary N) is 1. The van der Waals surface area contributed by atoms with E-state index < -0.39 is 24.7 Å². The Kier molecular flexibility index (Phi) is 3.18. The van der Waals surface area contributed by atoms with E-state index in [-0.39, 0.29) is 0 Å². The molecule has 0 aliphatic rings. The molecule has 0 bridgehead atoms. The number of alkyl halides is 7. The number of hydrogen-bond donors (Lipinski definition) is 1. The van der Waals surface area contributed by atoms with Gasteiger partial charge < -0.3 is 0 Å². The Hall–Kier alpha value is -0.530. The molecule has 0 rings (SSSR count). The highest BCUT2D eigenvalue weighted by molar-refractivity contribution is 4.88. The van der Waals surface area contributed by atoms with Gasteiger partial charge in [-0.25, -0.2) is 0 Å². The van der Waals surface area contributed by atoms with Crippen molar-refractivity contribution in [1.82, 2.24) is 5.32 Å². The fourth-order valence-electron chi connectivity index (χ4n) is 0.511. The zero-order valence-corrected chi connectivity index (χ0v) is 6.35. The highest BCUT2D eigenvalue weighted by Gasteiger charge is 2.72. The molecule has 0 unspecified atom stereocenters. The SMILES string of the molecule is CCNC(F)(F)C(F)(F)C(F)(F)F. The molecule has 0 fully saturated rings. The summed E-state index contributed by atoms with van der Waals surface area (Å²) < 4.78 is 82.3. The Morgan fingerprint density at radius 2 is 1.31 bits per heavy atom. The second-order valence-electron chi connectivity index (χ2n) is 2.18. The van der Waals surface area contributed by atoms with E-state index in [1.54, 1.807) is 0 Å². The minimum atomic E-state index is -6.27. The Morgan fingerprint density at radius 3 is 1.54 bits per heavy atom. The molecule has 0 aliphatic heterocycles. The van der Waals surface area contributed by atoms with Crippen LogP contribution >= 0.6 is 0 Å². The van der Waals surface area contributed by atoms with Gasteiger partial charge in [0, 0.05) is 0 Å². The fraction of sp³-hybridized carbons (Fsp3) is 1.00. The summed E-state index contributed by atoms with van der Waals surface area (Å²) in [7, 11) is 0. The summed E-state index contributed by atoms with van der Waals surface area (Å²) in [5.74, 6) is -6.06. The lowest BCUT2D eigenvalue weighted by atomic mass is 10.2. The van der Waals surface area contributed by atoms with E-state index in [9.17, 15) is 30.7 Å². The second kappa shape index (κ2) is 3.32. The van der Waals surface area contributed by atoms with Crippen LogP contribution in [0.3, 0.4) is 0 Å². The lowest BCUT2D eigenvalue weighted by molar-refractivity contribution is -0.361. The van der Waals surface area contributed by atoms with Gasteiger partial charge in [-0.2, -0.15) is 30.7 Å². The van der Waals surface area contributed by atoms with Gasteiger partial charge in [0.25, 0.3) is 0 Å². The molecule has 0 heterocycles. The maximum atomic E-state index is 12.1. The molecule has 0 saturated heterocycles. The van der Waals surface area contributed by atoms with Crippen LogP contribution in [0.5, 0.6) is 0 Å². The molecular formula is C5H6F7N. The van der Waals surface area contributed by atoms with Gasteiger partial charge in [0.1, 0.15) is 0 Å². The normalized spacial score (nSPS) is 14.8. The summed E-state index contributed by atoms with van der Waals surface area (Å²) >= 11 is 0. The van der Waals surface area contributed by atoms with Crippen molar-refractivity contribution in [3.8, 4) is 0 Å². The molecule has 0 spiro atoms. The van der Waals surface area contributed by atoms with Crippen LogP contribution in [0.4, 0.5) is 30.7 Å². The lowest BCUT2D eigenvalue weighted by Crippen LogP contribution is -2.59. The summed E-state index contributed by atoms with van der Waals surface area (Å²) in [6, 6.07) is -5.28. The van der Waals surface area contributed by atoms with Crippen LogP contribution in [0, 0.1) is 0 Å². The van der Waals surface area contributed by atoms with Crippen molar-refractivity contribution in [1.29, 1.82) is 0 Å². The fourth-order valence-corrected chi connectivity index (χ4v) is 0.511. The van der Waals surface area contributed by atoms with Crippen molar-refractivity contribution in [2.75, 3.05) is 6.54 Å². The van der Waals surface area contributed by atoms with E-state index in [0.29, 0.717) is 0 Å². The van der Waals surface area contributed by atoms with E-state index >= 15 is 0 Å². The van der Waals surface area contributed by atoms with Crippen molar-refractivity contribution < 1.29 is 30.7 Å². The first-order valence-corrected chi connectivity index (χ1v) is 3.13. The lowest BCUT2D eigenvalue weighted by Gasteiger charge is -2.28. The van der Waals surface area contributed by atoms with Crippen molar-refractivity contribution in [2.24, 2.45) is 0 Å². The maximum absolute atomic E-state index is 12.1. The van der Waals surface area contributed by atoms with E-state index in [2.05, 4.69) is 0 Å². The molecule has 0 radical (unpaired) electrons. The van der Waals surface area contributed by atoms with Crippen LogP contribution in [0.15, 0.2) is 0 Å². The van der Waals surface area contributed by atoms with Gasteiger partial charge in [0.2, 0.25) is 0 Å². The van der Waals surface area contributed by atoms with E-state index in [0.717, 1.165) is 12.2 Å². The van der Waals surface area contributed by atoms with Crippen LogP contribution in [0.1, 0.15) is 6.92 Å². The molecular weight excluding hydrogens is 207 g/mol. The molecule has 0 aromatic rings. The Bertz CT molecular complexity index is 172. The monoisotopic (exact) mass is 213 g/mol.